The summed E-state index contributed by atoms with van der Waals surface area (Å²) in [5.41, 5.74) is 5.93. The molecule has 0 saturated heterocycles. The molecule has 0 spiro atoms. The average molecular weight is 247 g/mol. The van der Waals surface area contributed by atoms with E-state index < -0.39 is 0 Å². The molecule has 1 heterocycles. The van der Waals surface area contributed by atoms with Gasteiger partial charge < -0.3 is 15.0 Å². The summed E-state index contributed by atoms with van der Waals surface area (Å²) in [6.45, 7) is 4.28. The summed E-state index contributed by atoms with van der Waals surface area (Å²) in [6.07, 6.45) is 0. The summed E-state index contributed by atoms with van der Waals surface area (Å²) in [6, 6.07) is 9.28. The number of ether oxygens (including phenoxy) is 1. The van der Waals surface area contributed by atoms with Crippen molar-refractivity contribution in [2.45, 2.75) is 26.5 Å². The fraction of sp³-hybridized carbons (Fsp3) is 0.385. The Kier molecular flexibility index (Phi) is 3.94. The highest BCUT2D eigenvalue weighted by Crippen LogP contribution is 2.16. The second-order valence-corrected chi connectivity index (χ2v) is 4.42. The highest BCUT2D eigenvalue weighted by molar-refractivity contribution is 5.20. The van der Waals surface area contributed by atoms with E-state index in [0.717, 1.165) is 5.75 Å². The van der Waals surface area contributed by atoms with E-state index in [2.05, 4.69) is 10.1 Å². The van der Waals surface area contributed by atoms with Gasteiger partial charge in [-0.05, 0) is 18.1 Å². The van der Waals surface area contributed by atoms with Crippen LogP contribution < -0.4 is 10.5 Å². The van der Waals surface area contributed by atoms with Crippen molar-refractivity contribution in [2.75, 3.05) is 0 Å². The largest absolute Gasteiger partial charge is 0.484 e. The van der Waals surface area contributed by atoms with Crippen molar-refractivity contribution in [3.8, 4) is 5.75 Å². The first-order chi connectivity index (χ1) is 8.66. The number of hydrogen-bond acceptors (Lipinski definition) is 5. The molecule has 1 aromatic carbocycles. The molecule has 0 radical (unpaired) electrons. The number of aromatic nitrogens is 2. The summed E-state index contributed by atoms with van der Waals surface area (Å²) in [7, 11) is 0. The SMILES string of the molecule is CC(C)C(N)c1noc(COc2ccccc2)n1. The molecule has 5 heteroatoms. The number of para-hydroxylation sites is 1. The predicted octanol–water partition coefficient (Wildman–Crippen LogP) is 2.30. The first-order valence-corrected chi connectivity index (χ1v) is 5.92. The molecular formula is C13H17N3O2. The van der Waals surface area contributed by atoms with Crippen molar-refractivity contribution in [1.82, 2.24) is 10.1 Å². The lowest BCUT2D eigenvalue weighted by molar-refractivity contribution is 0.242. The van der Waals surface area contributed by atoms with Gasteiger partial charge in [-0.25, -0.2) is 0 Å². The van der Waals surface area contributed by atoms with Gasteiger partial charge in [0.15, 0.2) is 12.4 Å². The zero-order valence-electron chi connectivity index (χ0n) is 10.5. The van der Waals surface area contributed by atoms with Crippen LogP contribution in [0.2, 0.25) is 0 Å². The van der Waals surface area contributed by atoms with Crippen LogP contribution in [0.25, 0.3) is 0 Å². The molecular weight excluding hydrogens is 230 g/mol. The molecule has 0 bridgehead atoms. The van der Waals surface area contributed by atoms with Gasteiger partial charge in [-0.1, -0.05) is 37.2 Å². The normalized spacial score (nSPS) is 12.7. The van der Waals surface area contributed by atoms with Gasteiger partial charge in [-0.15, -0.1) is 0 Å². The van der Waals surface area contributed by atoms with E-state index in [1.54, 1.807) is 0 Å². The van der Waals surface area contributed by atoms with Gasteiger partial charge in [0.2, 0.25) is 0 Å². The Morgan fingerprint density at radius 2 is 2.00 bits per heavy atom. The molecule has 0 fully saturated rings. The first kappa shape index (κ1) is 12.6. The number of rotatable bonds is 5. The van der Waals surface area contributed by atoms with Crippen molar-refractivity contribution in [3.63, 3.8) is 0 Å². The topological polar surface area (TPSA) is 74.2 Å². The second kappa shape index (κ2) is 5.64. The molecule has 0 aliphatic heterocycles. The lowest BCUT2D eigenvalue weighted by Gasteiger charge is -2.09. The van der Waals surface area contributed by atoms with Gasteiger partial charge in [-0.3, -0.25) is 0 Å². The molecule has 96 valence electrons. The van der Waals surface area contributed by atoms with E-state index in [0.29, 0.717) is 11.7 Å². The van der Waals surface area contributed by atoms with Gasteiger partial charge in [0.1, 0.15) is 5.75 Å². The van der Waals surface area contributed by atoms with Gasteiger partial charge in [0, 0.05) is 0 Å². The van der Waals surface area contributed by atoms with Gasteiger partial charge in [-0.2, -0.15) is 4.98 Å². The maximum Gasteiger partial charge on any atom is 0.264 e. The third-order valence-electron chi connectivity index (χ3n) is 2.61. The van der Waals surface area contributed by atoms with Crippen molar-refractivity contribution >= 4 is 0 Å². The number of benzene rings is 1. The minimum atomic E-state index is -0.209. The zero-order valence-corrected chi connectivity index (χ0v) is 10.5. The van der Waals surface area contributed by atoms with Crippen LogP contribution in [-0.4, -0.2) is 10.1 Å². The van der Waals surface area contributed by atoms with Gasteiger partial charge in [0.25, 0.3) is 5.89 Å². The molecule has 0 aliphatic rings. The lowest BCUT2D eigenvalue weighted by atomic mass is 10.1. The Labute approximate surface area is 106 Å². The summed E-state index contributed by atoms with van der Waals surface area (Å²) in [5.74, 6) is 2.00. The van der Waals surface area contributed by atoms with Crippen LogP contribution in [0.5, 0.6) is 5.75 Å². The fourth-order valence-electron chi connectivity index (χ4n) is 1.42. The van der Waals surface area contributed by atoms with Crippen LogP contribution in [0, 0.1) is 5.92 Å². The van der Waals surface area contributed by atoms with Crippen molar-refractivity contribution in [2.24, 2.45) is 11.7 Å². The Bertz CT molecular complexity index is 482. The van der Waals surface area contributed by atoms with E-state index in [4.69, 9.17) is 15.0 Å². The van der Waals surface area contributed by atoms with Crippen LogP contribution in [0.1, 0.15) is 31.6 Å². The van der Waals surface area contributed by atoms with Crippen LogP contribution in [0.3, 0.4) is 0 Å². The Morgan fingerprint density at radius 3 is 2.67 bits per heavy atom. The summed E-state index contributed by atoms with van der Waals surface area (Å²) < 4.78 is 10.6. The van der Waals surface area contributed by atoms with E-state index in [9.17, 15) is 0 Å². The quantitative estimate of drug-likeness (QED) is 0.877. The second-order valence-electron chi connectivity index (χ2n) is 4.42. The highest BCUT2D eigenvalue weighted by Gasteiger charge is 2.17. The maximum atomic E-state index is 5.93. The standard InChI is InChI=1S/C13H17N3O2/c1-9(2)12(14)13-15-11(18-16-13)8-17-10-6-4-3-5-7-10/h3-7,9,12H,8,14H2,1-2H3. The number of nitrogens with zero attached hydrogens (tertiary/aromatic N) is 2. The molecule has 2 aromatic rings. The highest BCUT2D eigenvalue weighted by atomic mass is 16.5. The van der Waals surface area contributed by atoms with Crippen LogP contribution in [0.4, 0.5) is 0 Å². The summed E-state index contributed by atoms with van der Waals surface area (Å²) in [4.78, 5) is 4.22. The minimum Gasteiger partial charge on any atom is -0.484 e. The van der Waals surface area contributed by atoms with Crippen LogP contribution in [-0.2, 0) is 6.61 Å². The van der Waals surface area contributed by atoms with Gasteiger partial charge >= 0.3 is 0 Å². The fourth-order valence-corrected chi connectivity index (χ4v) is 1.42. The molecule has 18 heavy (non-hydrogen) atoms. The molecule has 5 nitrogen and oxygen atoms in total. The van der Waals surface area contributed by atoms with E-state index in [1.807, 2.05) is 44.2 Å². The van der Waals surface area contributed by atoms with Crippen LogP contribution in [0.15, 0.2) is 34.9 Å². The maximum absolute atomic E-state index is 5.93. The molecule has 1 unspecified atom stereocenters. The van der Waals surface area contributed by atoms with E-state index >= 15 is 0 Å². The third kappa shape index (κ3) is 3.07. The third-order valence-corrected chi connectivity index (χ3v) is 2.61. The Balaban J connectivity index is 1.95. The van der Waals surface area contributed by atoms with E-state index in [1.165, 1.54) is 0 Å². The van der Waals surface area contributed by atoms with E-state index in [-0.39, 0.29) is 18.6 Å². The zero-order chi connectivity index (χ0) is 13.0. The summed E-state index contributed by atoms with van der Waals surface area (Å²) >= 11 is 0. The first-order valence-electron chi connectivity index (χ1n) is 5.92. The van der Waals surface area contributed by atoms with Gasteiger partial charge in [0.05, 0.1) is 6.04 Å². The Morgan fingerprint density at radius 1 is 1.28 bits per heavy atom. The molecule has 0 saturated carbocycles. The molecule has 0 amide bonds. The van der Waals surface area contributed by atoms with Crippen molar-refractivity contribution in [1.29, 1.82) is 0 Å². The van der Waals surface area contributed by atoms with Crippen LogP contribution >= 0.6 is 0 Å². The predicted molar refractivity (Wildman–Crippen MR) is 66.8 cm³/mol. The van der Waals surface area contributed by atoms with Crippen molar-refractivity contribution in [3.05, 3.63) is 42.0 Å². The Hall–Kier alpha value is -1.88. The molecule has 1 aromatic heterocycles. The molecule has 1 atom stereocenters. The average Bonchev–Trinajstić information content (AvgIpc) is 2.85. The number of hydrogen-bond donors (Lipinski definition) is 1. The van der Waals surface area contributed by atoms with Crippen molar-refractivity contribution < 1.29 is 9.26 Å². The lowest BCUT2D eigenvalue weighted by Crippen LogP contribution is -2.18. The summed E-state index contributed by atoms with van der Waals surface area (Å²) in [5, 5.41) is 3.86. The molecule has 2 N–H and O–H groups in total. The minimum absolute atomic E-state index is 0.209. The number of nitrogens with two attached hydrogens (primary N) is 1. The molecule has 0 aliphatic carbocycles. The smallest absolute Gasteiger partial charge is 0.264 e. The molecule has 2 rings (SSSR count). The monoisotopic (exact) mass is 247 g/mol.